The van der Waals surface area contributed by atoms with Crippen LogP contribution in [0.1, 0.15) is 39.5 Å². The highest BCUT2D eigenvalue weighted by atomic mass is 32.1. The van der Waals surface area contributed by atoms with Gasteiger partial charge in [0.25, 0.3) is 5.91 Å². The molecular formula is C21H34FN4OS+. The highest BCUT2D eigenvalue weighted by Crippen LogP contribution is 2.11. The lowest BCUT2D eigenvalue weighted by Gasteiger charge is -2.34. The third-order valence-electron chi connectivity index (χ3n) is 5.38. The van der Waals surface area contributed by atoms with E-state index in [1.807, 2.05) is 0 Å². The summed E-state index contributed by atoms with van der Waals surface area (Å²) in [7, 11) is 0. The Labute approximate surface area is 173 Å². The standard InChI is InChI=1S/C21H33FN4OS/c1-3-5-6-17(4-2)15-23-21(28)26-13-11-25(12-14-26)16-20(27)24-19-9-7-18(22)8-10-19/h7-10,17H,3-6,11-16H2,1-2H3,(H,23,28)(H,24,27)/p+1/t17-/m0/s1. The number of unbranched alkanes of at least 4 members (excludes halogenated alkanes) is 1. The molecule has 1 atom stereocenters. The van der Waals surface area contributed by atoms with Crippen molar-refractivity contribution in [3.8, 4) is 0 Å². The number of nitrogens with one attached hydrogen (secondary N) is 3. The topological polar surface area (TPSA) is 48.8 Å². The number of piperazine rings is 1. The molecule has 7 heteroatoms. The van der Waals surface area contributed by atoms with Crippen LogP contribution in [-0.4, -0.2) is 55.2 Å². The van der Waals surface area contributed by atoms with Crippen LogP contribution in [0.4, 0.5) is 10.1 Å². The van der Waals surface area contributed by atoms with Crippen molar-refractivity contribution in [2.24, 2.45) is 5.92 Å². The first-order valence-corrected chi connectivity index (χ1v) is 10.8. The summed E-state index contributed by atoms with van der Waals surface area (Å²) in [5.41, 5.74) is 0.628. The molecule has 1 aromatic rings. The van der Waals surface area contributed by atoms with E-state index in [2.05, 4.69) is 29.4 Å². The largest absolute Gasteiger partial charge is 0.362 e. The van der Waals surface area contributed by atoms with Gasteiger partial charge in [-0.15, -0.1) is 0 Å². The number of hydrogen-bond donors (Lipinski definition) is 3. The summed E-state index contributed by atoms with van der Waals surface area (Å²) in [5, 5.41) is 7.11. The summed E-state index contributed by atoms with van der Waals surface area (Å²) in [5.74, 6) is 0.331. The van der Waals surface area contributed by atoms with Gasteiger partial charge in [0.2, 0.25) is 0 Å². The second-order valence-corrected chi connectivity index (χ2v) is 7.96. The minimum absolute atomic E-state index is 0.0440. The van der Waals surface area contributed by atoms with Gasteiger partial charge in [-0.05, 0) is 48.8 Å². The summed E-state index contributed by atoms with van der Waals surface area (Å²) in [6, 6.07) is 5.85. The summed E-state index contributed by atoms with van der Waals surface area (Å²) < 4.78 is 12.9. The predicted molar refractivity (Wildman–Crippen MR) is 116 cm³/mol. The van der Waals surface area contributed by atoms with Crippen molar-refractivity contribution in [2.45, 2.75) is 39.5 Å². The van der Waals surface area contributed by atoms with Gasteiger partial charge in [0, 0.05) is 12.2 Å². The highest BCUT2D eigenvalue weighted by molar-refractivity contribution is 7.80. The lowest BCUT2D eigenvalue weighted by molar-refractivity contribution is -0.895. The maximum Gasteiger partial charge on any atom is 0.279 e. The molecule has 0 spiro atoms. The number of anilines is 1. The Morgan fingerprint density at radius 1 is 1.25 bits per heavy atom. The lowest BCUT2D eigenvalue weighted by Crippen LogP contribution is -3.15. The molecular weight excluding hydrogens is 375 g/mol. The zero-order valence-corrected chi connectivity index (χ0v) is 17.9. The average Bonchev–Trinajstić information content (AvgIpc) is 2.70. The third-order valence-corrected chi connectivity index (χ3v) is 5.78. The number of benzene rings is 1. The van der Waals surface area contributed by atoms with Gasteiger partial charge in [-0.1, -0.05) is 33.1 Å². The Morgan fingerprint density at radius 2 is 1.93 bits per heavy atom. The van der Waals surface area contributed by atoms with Crippen LogP contribution in [0.25, 0.3) is 0 Å². The first-order valence-electron chi connectivity index (χ1n) is 10.4. The Hall–Kier alpha value is -1.73. The van der Waals surface area contributed by atoms with Gasteiger partial charge in [-0.2, -0.15) is 0 Å². The third kappa shape index (κ3) is 7.72. The van der Waals surface area contributed by atoms with Crippen LogP contribution in [0.5, 0.6) is 0 Å². The van der Waals surface area contributed by atoms with Crippen molar-refractivity contribution >= 4 is 28.9 Å². The summed E-state index contributed by atoms with van der Waals surface area (Å²) in [6.45, 7) is 9.31. The van der Waals surface area contributed by atoms with Crippen LogP contribution in [0, 0.1) is 11.7 Å². The summed E-state index contributed by atoms with van der Waals surface area (Å²) in [4.78, 5) is 15.7. The fourth-order valence-electron chi connectivity index (χ4n) is 3.46. The van der Waals surface area contributed by atoms with E-state index in [9.17, 15) is 9.18 Å². The van der Waals surface area contributed by atoms with Crippen molar-refractivity contribution in [3.05, 3.63) is 30.1 Å². The first-order chi connectivity index (χ1) is 13.5. The molecule has 0 radical (unpaired) electrons. The van der Waals surface area contributed by atoms with E-state index in [4.69, 9.17) is 12.2 Å². The Bertz CT molecular complexity index is 617. The number of halogens is 1. The molecule has 1 aliphatic rings. The van der Waals surface area contributed by atoms with Crippen molar-refractivity contribution in [1.29, 1.82) is 0 Å². The zero-order chi connectivity index (χ0) is 20.4. The number of thiocarbonyl (C=S) groups is 1. The number of carbonyl (C=O) groups is 1. The van der Waals surface area contributed by atoms with Gasteiger partial charge in [-0.25, -0.2) is 4.39 Å². The highest BCUT2D eigenvalue weighted by Gasteiger charge is 2.23. The Kier molecular flexibility index (Phi) is 9.64. The smallest absolute Gasteiger partial charge is 0.279 e. The van der Waals surface area contributed by atoms with Crippen LogP contribution < -0.4 is 15.5 Å². The fourth-order valence-corrected chi connectivity index (χ4v) is 3.72. The number of rotatable bonds is 9. The van der Waals surface area contributed by atoms with Gasteiger partial charge in [0.1, 0.15) is 5.82 Å². The number of quaternary nitrogens is 1. The number of carbonyl (C=O) groups excluding carboxylic acids is 1. The number of nitrogens with zero attached hydrogens (tertiary/aromatic N) is 1. The van der Waals surface area contributed by atoms with Crippen LogP contribution >= 0.6 is 12.2 Å². The van der Waals surface area contributed by atoms with E-state index < -0.39 is 0 Å². The quantitative estimate of drug-likeness (QED) is 0.547. The lowest BCUT2D eigenvalue weighted by atomic mass is 9.99. The monoisotopic (exact) mass is 409 g/mol. The molecule has 5 nitrogen and oxygen atoms in total. The normalized spacial score (nSPS) is 15.9. The van der Waals surface area contributed by atoms with Crippen molar-refractivity contribution in [1.82, 2.24) is 10.2 Å². The second-order valence-electron chi connectivity index (χ2n) is 7.57. The summed E-state index contributed by atoms with van der Waals surface area (Å²) in [6.07, 6.45) is 4.94. The molecule has 1 saturated heterocycles. The molecule has 1 amide bonds. The molecule has 0 unspecified atom stereocenters. The Balaban J connectivity index is 1.67. The average molecular weight is 410 g/mol. The molecule has 1 aromatic carbocycles. The molecule has 0 saturated carbocycles. The second kappa shape index (κ2) is 12.0. The molecule has 28 heavy (non-hydrogen) atoms. The van der Waals surface area contributed by atoms with E-state index in [0.29, 0.717) is 18.2 Å². The van der Waals surface area contributed by atoms with Crippen molar-refractivity contribution < 1.29 is 14.1 Å². The first kappa shape index (κ1) is 22.6. The van der Waals surface area contributed by atoms with E-state index in [0.717, 1.165) is 37.8 Å². The van der Waals surface area contributed by atoms with Crippen LogP contribution in [-0.2, 0) is 4.79 Å². The van der Waals surface area contributed by atoms with Crippen LogP contribution in [0.15, 0.2) is 24.3 Å². The predicted octanol–water partition coefficient (Wildman–Crippen LogP) is 2.06. The molecule has 3 N–H and O–H groups in total. The minimum Gasteiger partial charge on any atom is -0.362 e. The molecule has 1 fully saturated rings. The van der Waals surface area contributed by atoms with Gasteiger partial charge < -0.3 is 20.4 Å². The number of amides is 1. The molecule has 0 aromatic heterocycles. The van der Waals surface area contributed by atoms with Crippen LogP contribution in [0.2, 0.25) is 0 Å². The zero-order valence-electron chi connectivity index (χ0n) is 17.1. The molecule has 156 valence electrons. The van der Waals surface area contributed by atoms with Gasteiger partial charge in [-0.3, -0.25) is 4.79 Å². The van der Waals surface area contributed by atoms with Gasteiger partial charge >= 0.3 is 0 Å². The molecule has 2 rings (SSSR count). The van der Waals surface area contributed by atoms with E-state index in [1.54, 1.807) is 12.1 Å². The van der Waals surface area contributed by atoms with E-state index >= 15 is 0 Å². The Morgan fingerprint density at radius 3 is 2.54 bits per heavy atom. The van der Waals surface area contributed by atoms with Crippen molar-refractivity contribution in [2.75, 3.05) is 44.6 Å². The maximum atomic E-state index is 12.9. The summed E-state index contributed by atoms with van der Waals surface area (Å²) >= 11 is 5.57. The maximum absolute atomic E-state index is 12.9. The van der Waals surface area contributed by atoms with Crippen LogP contribution in [0.3, 0.4) is 0 Å². The fraction of sp³-hybridized carbons (Fsp3) is 0.619. The molecule has 0 bridgehead atoms. The van der Waals surface area contributed by atoms with Crippen molar-refractivity contribution in [3.63, 3.8) is 0 Å². The minimum atomic E-state index is -0.306. The van der Waals surface area contributed by atoms with E-state index in [1.165, 1.54) is 42.7 Å². The number of hydrogen-bond acceptors (Lipinski definition) is 2. The molecule has 1 aliphatic heterocycles. The van der Waals surface area contributed by atoms with Gasteiger partial charge in [0.15, 0.2) is 11.7 Å². The molecule has 1 heterocycles. The SMILES string of the molecule is CCCC[C@H](CC)CNC(=S)N1CC[NH+](CC(=O)Nc2ccc(F)cc2)CC1. The molecule has 0 aliphatic carbocycles. The van der Waals surface area contributed by atoms with E-state index in [-0.39, 0.29) is 11.7 Å². The van der Waals surface area contributed by atoms with Gasteiger partial charge in [0.05, 0.1) is 26.2 Å².